The molecule has 0 aromatic heterocycles. The summed E-state index contributed by atoms with van der Waals surface area (Å²) >= 11 is 0. The first-order valence-corrected chi connectivity index (χ1v) is 7.46. The van der Waals surface area contributed by atoms with Crippen LogP contribution in [-0.2, 0) is 0 Å². The van der Waals surface area contributed by atoms with Crippen molar-refractivity contribution in [2.75, 3.05) is 13.7 Å². The predicted octanol–water partition coefficient (Wildman–Crippen LogP) is 3.39. The first kappa shape index (κ1) is 15.0. The largest absolute Gasteiger partial charge is 0.497 e. The number of imide groups is 1. The highest BCUT2D eigenvalue weighted by Crippen LogP contribution is 2.22. The van der Waals surface area contributed by atoms with Crippen LogP contribution in [-0.4, -0.2) is 30.4 Å². The smallest absolute Gasteiger partial charge is 0.261 e. The maximum atomic E-state index is 12.2. The van der Waals surface area contributed by atoms with Gasteiger partial charge in [-0.15, -0.1) is 0 Å². The van der Waals surface area contributed by atoms with E-state index in [0.717, 1.165) is 11.3 Å². The average molecular weight is 307 g/mol. The van der Waals surface area contributed by atoms with Gasteiger partial charge in [-0.3, -0.25) is 14.5 Å². The van der Waals surface area contributed by atoms with Crippen molar-refractivity contribution < 1.29 is 14.3 Å². The van der Waals surface area contributed by atoms with Crippen LogP contribution in [0.15, 0.2) is 54.6 Å². The van der Waals surface area contributed by atoms with Crippen molar-refractivity contribution in [3.05, 3.63) is 71.3 Å². The molecule has 2 aromatic carbocycles. The maximum Gasteiger partial charge on any atom is 0.261 e. The van der Waals surface area contributed by atoms with Crippen LogP contribution >= 0.6 is 0 Å². The van der Waals surface area contributed by atoms with Gasteiger partial charge in [0.2, 0.25) is 0 Å². The molecule has 23 heavy (non-hydrogen) atoms. The third kappa shape index (κ3) is 3.01. The lowest BCUT2D eigenvalue weighted by Crippen LogP contribution is -2.30. The highest BCUT2D eigenvalue weighted by molar-refractivity contribution is 6.21. The Bertz CT molecular complexity index is 727. The SMILES string of the molecule is COc1ccc(/C=C/CCN2C(=O)c3ccccc3C2=O)cc1. The Labute approximate surface area is 135 Å². The van der Waals surface area contributed by atoms with Gasteiger partial charge in [-0.05, 0) is 36.2 Å². The van der Waals surface area contributed by atoms with Gasteiger partial charge in [-0.2, -0.15) is 0 Å². The van der Waals surface area contributed by atoms with Gasteiger partial charge >= 0.3 is 0 Å². The van der Waals surface area contributed by atoms with E-state index in [9.17, 15) is 9.59 Å². The Kier molecular flexibility index (Phi) is 4.24. The molecule has 0 N–H and O–H groups in total. The van der Waals surface area contributed by atoms with Crippen molar-refractivity contribution in [2.45, 2.75) is 6.42 Å². The standard InChI is InChI=1S/C19H17NO3/c1-23-15-11-9-14(10-12-15)6-4-5-13-20-18(21)16-7-2-3-8-17(16)19(20)22/h2-4,6-12H,5,13H2,1H3/b6-4+. The molecule has 3 rings (SSSR count). The molecule has 0 radical (unpaired) electrons. The molecule has 1 aliphatic rings. The summed E-state index contributed by atoms with van der Waals surface area (Å²) < 4.78 is 5.11. The molecular formula is C19H17NO3. The van der Waals surface area contributed by atoms with Crippen molar-refractivity contribution in [1.82, 2.24) is 4.90 Å². The monoisotopic (exact) mass is 307 g/mol. The molecule has 0 saturated heterocycles. The molecule has 4 heteroatoms. The van der Waals surface area contributed by atoms with E-state index < -0.39 is 0 Å². The number of nitrogens with zero attached hydrogens (tertiary/aromatic N) is 1. The van der Waals surface area contributed by atoms with Gasteiger partial charge in [-0.25, -0.2) is 0 Å². The van der Waals surface area contributed by atoms with Crippen molar-refractivity contribution in [2.24, 2.45) is 0 Å². The zero-order valence-corrected chi connectivity index (χ0v) is 12.9. The van der Waals surface area contributed by atoms with Crippen molar-refractivity contribution in [3.63, 3.8) is 0 Å². The summed E-state index contributed by atoms with van der Waals surface area (Å²) in [5.41, 5.74) is 2.04. The van der Waals surface area contributed by atoms with Gasteiger partial charge in [0.1, 0.15) is 5.75 Å². The second kappa shape index (κ2) is 6.48. The minimum atomic E-state index is -0.205. The van der Waals surface area contributed by atoms with Crippen LogP contribution in [0.25, 0.3) is 6.08 Å². The first-order valence-electron chi connectivity index (χ1n) is 7.46. The molecule has 0 aliphatic carbocycles. The number of hydrogen-bond donors (Lipinski definition) is 0. The highest BCUT2D eigenvalue weighted by Gasteiger charge is 2.34. The van der Waals surface area contributed by atoms with Gasteiger partial charge in [-0.1, -0.05) is 36.4 Å². The second-order valence-corrected chi connectivity index (χ2v) is 5.27. The third-order valence-electron chi connectivity index (χ3n) is 3.82. The van der Waals surface area contributed by atoms with E-state index in [0.29, 0.717) is 24.1 Å². The molecule has 1 aliphatic heterocycles. The maximum absolute atomic E-state index is 12.2. The number of methoxy groups -OCH3 is 1. The number of amides is 2. The summed E-state index contributed by atoms with van der Waals surface area (Å²) in [4.78, 5) is 25.7. The fourth-order valence-corrected chi connectivity index (χ4v) is 2.58. The van der Waals surface area contributed by atoms with Crippen LogP contribution < -0.4 is 4.74 Å². The van der Waals surface area contributed by atoms with E-state index in [2.05, 4.69) is 0 Å². The lowest BCUT2D eigenvalue weighted by atomic mass is 10.1. The summed E-state index contributed by atoms with van der Waals surface area (Å²) in [5, 5.41) is 0. The van der Waals surface area contributed by atoms with Gasteiger partial charge in [0.05, 0.1) is 18.2 Å². The quantitative estimate of drug-likeness (QED) is 0.795. The molecule has 2 aromatic rings. The van der Waals surface area contributed by atoms with Crippen LogP contribution in [0.3, 0.4) is 0 Å². The Morgan fingerprint density at radius 1 is 0.957 bits per heavy atom. The molecule has 0 spiro atoms. The summed E-state index contributed by atoms with van der Waals surface area (Å²) in [7, 11) is 1.63. The molecule has 2 amide bonds. The molecule has 4 nitrogen and oxygen atoms in total. The van der Waals surface area contributed by atoms with E-state index >= 15 is 0 Å². The summed E-state index contributed by atoms with van der Waals surface area (Å²) in [6, 6.07) is 14.6. The van der Waals surface area contributed by atoms with Crippen LogP contribution in [0.4, 0.5) is 0 Å². The molecule has 0 saturated carbocycles. The topological polar surface area (TPSA) is 46.6 Å². The summed E-state index contributed by atoms with van der Waals surface area (Å²) in [5.74, 6) is 0.403. The van der Waals surface area contributed by atoms with Crippen molar-refractivity contribution >= 4 is 17.9 Å². The number of ether oxygens (including phenoxy) is 1. The zero-order valence-electron chi connectivity index (χ0n) is 12.9. The molecular weight excluding hydrogens is 290 g/mol. The number of rotatable bonds is 5. The van der Waals surface area contributed by atoms with Crippen LogP contribution in [0, 0.1) is 0 Å². The first-order chi connectivity index (χ1) is 11.2. The van der Waals surface area contributed by atoms with E-state index in [1.807, 2.05) is 36.4 Å². The second-order valence-electron chi connectivity index (χ2n) is 5.27. The number of carbonyl (C=O) groups is 2. The average Bonchev–Trinajstić information content (AvgIpc) is 2.84. The number of benzene rings is 2. The highest BCUT2D eigenvalue weighted by atomic mass is 16.5. The Morgan fingerprint density at radius 3 is 2.13 bits per heavy atom. The van der Waals surface area contributed by atoms with E-state index in [1.165, 1.54) is 4.90 Å². The van der Waals surface area contributed by atoms with Crippen LogP contribution in [0.5, 0.6) is 5.75 Å². The molecule has 0 fully saturated rings. The third-order valence-corrected chi connectivity index (χ3v) is 3.82. The van der Waals surface area contributed by atoms with Crippen LogP contribution in [0.2, 0.25) is 0 Å². The Hall–Kier alpha value is -2.88. The van der Waals surface area contributed by atoms with Crippen molar-refractivity contribution in [3.8, 4) is 5.75 Å². The van der Waals surface area contributed by atoms with Gasteiger partial charge in [0.25, 0.3) is 11.8 Å². The van der Waals surface area contributed by atoms with Crippen LogP contribution in [0.1, 0.15) is 32.7 Å². The normalized spacial score (nSPS) is 13.7. The van der Waals surface area contributed by atoms with Crippen molar-refractivity contribution in [1.29, 1.82) is 0 Å². The van der Waals surface area contributed by atoms with Gasteiger partial charge < -0.3 is 4.74 Å². The minimum absolute atomic E-state index is 0.205. The number of carbonyl (C=O) groups excluding carboxylic acids is 2. The molecule has 1 heterocycles. The summed E-state index contributed by atoms with van der Waals surface area (Å²) in [6.45, 7) is 0.388. The number of fused-ring (bicyclic) bond motifs is 1. The summed E-state index contributed by atoms with van der Waals surface area (Å²) in [6.07, 6.45) is 4.56. The fraction of sp³-hybridized carbons (Fsp3) is 0.158. The van der Waals surface area contributed by atoms with E-state index in [4.69, 9.17) is 4.74 Å². The number of hydrogen-bond acceptors (Lipinski definition) is 3. The minimum Gasteiger partial charge on any atom is -0.497 e. The molecule has 0 unspecified atom stereocenters. The van der Waals surface area contributed by atoms with Gasteiger partial charge in [0, 0.05) is 6.54 Å². The van der Waals surface area contributed by atoms with Gasteiger partial charge in [0.15, 0.2) is 0 Å². The molecule has 0 bridgehead atoms. The van der Waals surface area contributed by atoms with E-state index in [1.54, 1.807) is 31.4 Å². The molecule has 116 valence electrons. The predicted molar refractivity (Wildman–Crippen MR) is 88.5 cm³/mol. The van der Waals surface area contributed by atoms with E-state index in [-0.39, 0.29) is 11.8 Å². The lowest BCUT2D eigenvalue weighted by molar-refractivity contribution is 0.0657. The Morgan fingerprint density at radius 2 is 1.57 bits per heavy atom. The Balaban J connectivity index is 1.60. The molecule has 0 atom stereocenters. The zero-order chi connectivity index (χ0) is 16.2. The fourth-order valence-electron chi connectivity index (χ4n) is 2.58. The lowest BCUT2D eigenvalue weighted by Gasteiger charge is -2.11.